The van der Waals surface area contributed by atoms with Crippen LogP contribution in [0.15, 0.2) is 0 Å². The topological polar surface area (TPSA) is 3.24 Å². The summed E-state index contributed by atoms with van der Waals surface area (Å²) in [4.78, 5) is 2.52. The zero-order valence-corrected chi connectivity index (χ0v) is 10.1. The Labute approximate surface area is 83.5 Å². The lowest BCUT2D eigenvalue weighted by atomic mass is 9.72. The van der Waals surface area contributed by atoms with Crippen LogP contribution >= 0.6 is 0 Å². The maximum absolute atomic E-state index is 2.52. The summed E-state index contributed by atoms with van der Waals surface area (Å²) in [5.41, 5.74) is 0.490. The predicted octanol–water partition coefficient (Wildman–Crippen LogP) is 3.15. The molecule has 1 heterocycles. The molecule has 1 fully saturated rings. The highest BCUT2D eigenvalue weighted by Gasteiger charge is 2.34. The number of piperidine rings is 1. The Morgan fingerprint density at radius 2 is 1.38 bits per heavy atom. The number of nitrogens with zero attached hydrogens (tertiary/aromatic N) is 1. The third-order valence-corrected chi connectivity index (χ3v) is 3.87. The van der Waals surface area contributed by atoms with Crippen LogP contribution in [0.2, 0.25) is 0 Å². The van der Waals surface area contributed by atoms with E-state index in [0.29, 0.717) is 5.41 Å². The molecular weight excluding hydrogens is 158 g/mol. The number of likely N-dealkylation sites (tertiary alicyclic amines) is 1. The summed E-state index contributed by atoms with van der Waals surface area (Å²) in [6, 6.07) is 1.51. The fraction of sp³-hybridized carbons (Fsp3) is 1.00. The van der Waals surface area contributed by atoms with Gasteiger partial charge in [0.15, 0.2) is 0 Å². The van der Waals surface area contributed by atoms with Crippen LogP contribution in [0.25, 0.3) is 0 Å². The van der Waals surface area contributed by atoms with Crippen molar-refractivity contribution in [1.29, 1.82) is 0 Å². The fourth-order valence-corrected chi connectivity index (χ4v) is 2.39. The maximum Gasteiger partial charge on any atom is 0.00695 e. The molecule has 0 aromatic carbocycles. The monoisotopic (exact) mass is 183 g/mol. The van der Waals surface area contributed by atoms with Gasteiger partial charge < -0.3 is 4.90 Å². The van der Waals surface area contributed by atoms with Crippen molar-refractivity contribution in [1.82, 2.24) is 4.90 Å². The van der Waals surface area contributed by atoms with Crippen molar-refractivity contribution in [2.45, 2.75) is 59.5 Å². The summed E-state index contributed by atoms with van der Waals surface area (Å²) < 4.78 is 0. The first kappa shape index (κ1) is 11.0. The van der Waals surface area contributed by atoms with E-state index in [1.165, 1.54) is 12.8 Å². The number of hydrogen-bond acceptors (Lipinski definition) is 1. The average molecular weight is 183 g/mol. The second kappa shape index (κ2) is 3.61. The normalized spacial score (nSPS) is 37.8. The van der Waals surface area contributed by atoms with E-state index in [1.807, 2.05) is 0 Å². The van der Waals surface area contributed by atoms with Gasteiger partial charge in [0.05, 0.1) is 0 Å². The van der Waals surface area contributed by atoms with E-state index in [-0.39, 0.29) is 0 Å². The molecule has 1 saturated heterocycles. The first-order chi connectivity index (χ1) is 5.82. The molecule has 1 rings (SSSR count). The SMILES string of the molecule is CC1CC(C(C)(C)C)CC(C)N1C. The first-order valence-corrected chi connectivity index (χ1v) is 5.54. The Kier molecular flexibility index (Phi) is 3.06. The van der Waals surface area contributed by atoms with Gasteiger partial charge >= 0.3 is 0 Å². The molecule has 1 nitrogen and oxygen atoms in total. The van der Waals surface area contributed by atoms with Gasteiger partial charge in [-0.3, -0.25) is 0 Å². The smallest absolute Gasteiger partial charge is 0.00695 e. The lowest BCUT2D eigenvalue weighted by Gasteiger charge is -2.45. The van der Waals surface area contributed by atoms with Gasteiger partial charge in [0.25, 0.3) is 0 Å². The van der Waals surface area contributed by atoms with E-state index < -0.39 is 0 Å². The molecule has 0 amide bonds. The quantitative estimate of drug-likeness (QED) is 0.557. The zero-order chi connectivity index (χ0) is 10.2. The summed E-state index contributed by atoms with van der Waals surface area (Å²) >= 11 is 0. The van der Waals surface area contributed by atoms with Crippen molar-refractivity contribution in [3.8, 4) is 0 Å². The Bertz CT molecular complexity index is 156. The minimum atomic E-state index is 0.490. The molecule has 1 heteroatoms. The standard InChI is InChI=1S/C12H25N/c1-9-7-11(12(3,4)5)8-10(2)13(9)6/h9-11H,7-8H2,1-6H3. The van der Waals surface area contributed by atoms with Crippen LogP contribution in [0.5, 0.6) is 0 Å². The van der Waals surface area contributed by atoms with Crippen LogP contribution < -0.4 is 0 Å². The highest BCUT2D eigenvalue weighted by Crippen LogP contribution is 2.38. The Hall–Kier alpha value is -0.0400. The van der Waals surface area contributed by atoms with Crippen molar-refractivity contribution < 1.29 is 0 Å². The summed E-state index contributed by atoms with van der Waals surface area (Å²) in [6.45, 7) is 11.8. The highest BCUT2D eigenvalue weighted by atomic mass is 15.2. The largest absolute Gasteiger partial charge is 0.301 e. The van der Waals surface area contributed by atoms with Crippen molar-refractivity contribution in [3.05, 3.63) is 0 Å². The van der Waals surface area contributed by atoms with Gasteiger partial charge in [0.2, 0.25) is 0 Å². The lowest BCUT2D eigenvalue weighted by Crippen LogP contribution is -2.46. The molecule has 2 atom stereocenters. The molecular formula is C12H25N. The van der Waals surface area contributed by atoms with Gasteiger partial charge in [-0.2, -0.15) is 0 Å². The van der Waals surface area contributed by atoms with Gasteiger partial charge in [-0.1, -0.05) is 20.8 Å². The highest BCUT2D eigenvalue weighted by molar-refractivity contribution is 4.87. The summed E-state index contributed by atoms with van der Waals surface area (Å²) in [7, 11) is 2.26. The van der Waals surface area contributed by atoms with E-state index in [2.05, 4.69) is 46.6 Å². The second-order valence-electron chi connectivity index (χ2n) is 5.90. The van der Waals surface area contributed by atoms with Gasteiger partial charge in [-0.25, -0.2) is 0 Å². The van der Waals surface area contributed by atoms with E-state index in [4.69, 9.17) is 0 Å². The minimum Gasteiger partial charge on any atom is -0.301 e. The molecule has 1 aliphatic rings. The molecule has 0 spiro atoms. The second-order valence-corrected chi connectivity index (χ2v) is 5.90. The van der Waals surface area contributed by atoms with Crippen LogP contribution in [-0.4, -0.2) is 24.0 Å². The van der Waals surface area contributed by atoms with Crippen molar-refractivity contribution in [3.63, 3.8) is 0 Å². The average Bonchev–Trinajstić information content (AvgIpc) is 1.97. The molecule has 0 N–H and O–H groups in total. The van der Waals surface area contributed by atoms with Crippen LogP contribution in [0, 0.1) is 11.3 Å². The third kappa shape index (κ3) is 2.46. The number of rotatable bonds is 0. The molecule has 78 valence electrons. The van der Waals surface area contributed by atoms with Crippen molar-refractivity contribution >= 4 is 0 Å². The lowest BCUT2D eigenvalue weighted by molar-refractivity contribution is 0.0480. The molecule has 0 aromatic heterocycles. The summed E-state index contributed by atoms with van der Waals surface area (Å²) in [5, 5.41) is 0. The summed E-state index contributed by atoms with van der Waals surface area (Å²) in [5.74, 6) is 0.897. The molecule has 13 heavy (non-hydrogen) atoms. The zero-order valence-electron chi connectivity index (χ0n) is 10.1. The van der Waals surface area contributed by atoms with E-state index >= 15 is 0 Å². The van der Waals surface area contributed by atoms with Crippen LogP contribution in [0.1, 0.15) is 47.5 Å². The number of hydrogen-bond donors (Lipinski definition) is 0. The van der Waals surface area contributed by atoms with Gasteiger partial charge in [0.1, 0.15) is 0 Å². The molecule has 1 aliphatic heterocycles. The molecule has 0 aromatic rings. The maximum atomic E-state index is 2.52. The van der Waals surface area contributed by atoms with Gasteiger partial charge in [0, 0.05) is 12.1 Å². The Balaban J connectivity index is 2.64. The predicted molar refractivity (Wildman–Crippen MR) is 58.9 cm³/mol. The fourth-order valence-electron chi connectivity index (χ4n) is 2.39. The van der Waals surface area contributed by atoms with Crippen LogP contribution in [0.3, 0.4) is 0 Å². The van der Waals surface area contributed by atoms with Crippen molar-refractivity contribution in [2.24, 2.45) is 11.3 Å². The van der Waals surface area contributed by atoms with Gasteiger partial charge in [-0.15, -0.1) is 0 Å². The van der Waals surface area contributed by atoms with Crippen molar-refractivity contribution in [2.75, 3.05) is 7.05 Å². The van der Waals surface area contributed by atoms with Crippen LogP contribution in [-0.2, 0) is 0 Å². The molecule has 2 unspecified atom stereocenters. The first-order valence-electron chi connectivity index (χ1n) is 5.54. The minimum absolute atomic E-state index is 0.490. The van der Waals surface area contributed by atoms with E-state index in [1.54, 1.807) is 0 Å². The van der Waals surface area contributed by atoms with Gasteiger partial charge in [-0.05, 0) is 45.1 Å². The molecule has 0 aliphatic carbocycles. The molecule has 0 bridgehead atoms. The third-order valence-electron chi connectivity index (χ3n) is 3.87. The summed E-state index contributed by atoms with van der Waals surface area (Å²) in [6.07, 6.45) is 2.73. The van der Waals surface area contributed by atoms with E-state index in [0.717, 1.165) is 18.0 Å². The Morgan fingerprint density at radius 1 is 1.00 bits per heavy atom. The van der Waals surface area contributed by atoms with E-state index in [9.17, 15) is 0 Å². The Morgan fingerprint density at radius 3 is 1.69 bits per heavy atom. The molecule has 0 saturated carbocycles. The molecule has 0 radical (unpaired) electrons. The van der Waals surface area contributed by atoms with Crippen LogP contribution in [0.4, 0.5) is 0 Å².